The first-order chi connectivity index (χ1) is 7.59. The molecule has 1 aromatic carbocycles. The van der Waals surface area contributed by atoms with Crippen LogP contribution in [0, 0.1) is 0 Å². The van der Waals surface area contributed by atoms with E-state index in [0.29, 0.717) is 0 Å². The quantitative estimate of drug-likeness (QED) is 0.869. The summed E-state index contributed by atoms with van der Waals surface area (Å²) in [5.41, 5.74) is 7.80. The molecule has 1 aliphatic rings. The Morgan fingerprint density at radius 2 is 2.29 bits per heavy atom. The van der Waals surface area contributed by atoms with E-state index in [0.717, 1.165) is 29.0 Å². The summed E-state index contributed by atoms with van der Waals surface area (Å²) in [7, 11) is 0. The van der Waals surface area contributed by atoms with Crippen LogP contribution in [-0.2, 0) is 11.2 Å². The van der Waals surface area contributed by atoms with E-state index in [1.54, 1.807) is 6.92 Å². The van der Waals surface area contributed by atoms with E-state index in [2.05, 4.69) is 5.32 Å². The van der Waals surface area contributed by atoms with Crippen LogP contribution in [0.1, 0.15) is 30.5 Å². The molecule has 2 atom stereocenters. The van der Waals surface area contributed by atoms with Crippen LogP contribution >= 0.6 is 24.0 Å². The van der Waals surface area contributed by atoms with Gasteiger partial charge in [0.1, 0.15) is 0 Å². The Balaban J connectivity index is 0.00000144. The number of nitrogens with two attached hydrogens (primary N) is 1. The van der Waals surface area contributed by atoms with Crippen molar-refractivity contribution in [1.82, 2.24) is 5.32 Å². The van der Waals surface area contributed by atoms with E-state index in [1.807, 2.05) is 18.2 Å². The second-order valence-electron chi connectivity index (χ2n) is 4.20. The monoisotopic (exact) mass is 274 g/mol. The summed E-state index contributed by atoms with van der Waals surface area (Å²) in [5, 5.41) is 3.73. The molecular weight excluding hydrogens is 259 g/mol. The Morgan fingerprint density at radius 3 is 2.94 bits per heavy atom. The lowest BCUT2D eigenvalue weighted by Crippen LogP contribution is -2.39. The SMILES string of the molecule is C[C@@H](N)C(=O)NC1CCc2c(Cl)cccc21.Cl. The van der Waals surface area contributed by atoms with Gasteiger partial charge in [0.2, 0.25) is 5.91 Å². The minimum Gasteiger partial charge on any atom is -0.348 e. The third-order valence-electron chi connectivity index (χ3n) is 2.94. The topological polar surface area (TPSA) is 55.1 Å². The molecule has 3 N–H and O–H groups in total. The van der Waals surface area contributed by atoms with Gasteiger partial charge in [0.25, 0.3) is 0 Å². The maximum atomic E-state index is 11.5. The molecule has 2 rings (SSSR count). The highest BCUT2D eigenvalue weighted by Crippen LogP contribution is 2.35. The van der Waals surface area contributed by atoms with Crippen molar-refractivity contribution in [2.24, 2.45) is 5.73 Å². The zero-order valence-electron chi connectivity index (χ0n) is 9.57. The number of halogens is 2. The lowest BCUT2D eigenvalue weighted by Gasteiger charge is -2.15. The molecule has 0 heterocycles. The highest BCUT2D eigenvalue weighted by atomic mass is 35.5. The maximum Gasteiger partial charge on any atom is 0.237 e. The number of benzene rings is 1. The second kappa shape index (κ2) is 5.71. The third-order valence-corrected chi connectivity index (χ3v) is 3.30. The van der Waals surface area contributed by atoms with Crippen LogP contribution in [0.3, 0.4) is 0 Å². The smallest absolute Gasteiger partial charge is 0.237 e. The van der Waals surface area contributed by atoms with Gasteiger partial charge in [0, 0.05) is 5.02 Å². The molecule has 0 aliphatic heterocycles. The van der Waals surface area contributed by atoms with Gasteiger partial charge in [-0.15, -0.1) is 12.4 Å². The van der Waals surface area contributed by atoms with Crippen molar-refractivity contribution in [3.05, 3.63) is 34.3 Å². The molecule has 1 amide bonds. The van der Waals surface area contributed by atoms with Crippen molar-refractivity contribution in [3.8, 4) is 0 Å². The molecule has 0 aromatic heterocycles. The lowest BCUT2D eigenvalue weighted by molar-refractivity contribution is -0.122. The standard InChI is InChI=1S/C12H15ClN2O.ClH/c1-7(14)12(16)15-11-6-5-8-9(11)3-2-4-10(8)13;/h2-4,7,11H,5-6,14H2,1H3,(H,15,16);1H/t7-,11?;/m1./s1. The minimum atomic E-state index is -0.469. The van der Waals surface area contributed by atoms with Gasteiger partial charge in [0.15, 0.2) is 0 Å². The number of fused-ring (bicyclic) bond motifs is 1. The fraction of sp³-hybridized carbons (Fsp3) is 0.417. The largest absolute Gasteiger partial charge is 0.348 e. The van der Waals surface area contributed by atoms with Gasteiger partial charge in [-0.2, -0.15) is 0 Å². The first kappa shape index (κ1) is 14.3. The predicted molar refractivity (Wildman–Crippen MR) is 71.6 cm³/mol. The number of carbonyl (C=O) groups excluding carboxylic acids is 1. The molecule has 5 heteroatoms. The highest BCUT2D eigenvalue weighted by molar-refractivity contribution is 6.31. The second-order valence-corrected chi connectivity index (χ2v) is 4.60. The summed E-state index contributed by atoms with van der Waals surface area (Å²) in [6.45, 7) is 1.68. The molecule has 0 bridgehead atoms. The average Bonchev–Trinajstić information content (AvgIpc) is 2.63. The molecule has 1 unspecified atom stereocenters. The van der Waals surface area contributed by atoms with Crippen LogP contribution in [0.2, 0.25) is 5.02 Å². The number of amides is 1. The van der Waals surface area contributed by atoms with Crippen molar-refractivity contribution in [2.45, 2.75) is 31.8 Å². The van der Waals surface area contributed by atoms with Crippen LogP contribution in [-0.4, -0.2) is 11.9 Å². The molecule has 0 saturated heterocycles. The summed E-state index contributed by atoms with van der Waals surface area (Å²) >= 11 is 6.10. The fourth-order valence-corrected chi connectivity index (χ4v) is 2.34. The Morgan fingerprint density at radius 1 is 1.59 bits per heavy atom. The molecule has 17 heavy (non-hydrogen) atoms. The van der Waals surface area contributed by atoms with Gasteiger partial charge in [-0.1, -0.05) is 23.7 Å². The number of nitrogens with one attached hydrogen (secondary N) is 1. The van der Waals surface area contributed by atoms with Crippen molar-refractivity contribution in [2.75, 3.05) is 0 Å². The number of rotatable bonds is 2. The Hall–Kier alpha value is -0.770. The fourth-order valence-electron chi connectivity index (χ4n) is 2.06. The van der Waals surface area contributed by atoms with Crippen LogP contribution in [0.25, 0.3) is 0 Å². The number of hydrogen-bond acceptors (Lipinski definition) is 2. The zero-order chi connectivity index (χ0) is 11.7. The van der Waals surface area contributed by atoms with Gasteiger partial charge in [-0.25, -0.2) is 0 Å². The normalized spacial score (nSPS) is 19.1. The minimum absolute atomic E-state index is 0. The first-order valence-corrected chi connectivity index (χ1v) is 5.80. The molecule has 94 valence electrons. The van der Waals surface area contributed by atoms with Crippen LogP contribution < -0.4 is 11.1 Å². The van der Waals surface area contributed by atoms with Crippen molar-refractivity contribution in [3.63, 3.8) is 0 Å². The number of carbonyl (C=O) groups is 1. The van der Waals surface area contributed by atoms with Crippen LogP contribution in [0.5, 0.6) is 0 Å². The van der Waals surface area contributed by atoms with Crippen molar-refractivity contribution >= 4 is 29.9 Å². The molecular formula is C12H16Cl2N2O. The van der Waals surface area contributed by atoms with Gasteiger partial charge < -0.3 is 11.1 Å². The van der Waals surface area contributed by atoms with E-state index in [4.69, 9.17) is 17.3 Å². The first-order valence-electron chi connectivity index (χ1n) is 5.43. The predicted octanol–water partition coefficient (Wildman–Crippen LogP) is 2.21. The van der Waals surface area contributed by atoms with Crippen molar-refractivity contribution < 1.29 is 4.79 Å². The average molecular weight is 275 g/mol. The van der Waals surface area contributed by atoms with Crippen molar-refractivity contribution in [1.29, 1.82) is 0 Å². The maximum absolute atomic E-state index is 11.5. The van der Waals surface area contributed by atoms with Gasteiger partial charge in [-0.05, 0) is 37.0 Å². The number of hydrogen-bond donors (Lipinski definition) is 2. The van der Waals surface area contributed by atoms with Crippen LogP contribution in [0.15, 0.2) is 18.2 Å². The van der Waals surface area contributed by atoms with E-state index >= 15 is 0 Å². The Labute approximate surface area is 112 Å². The molecule has 0 radical (unpaired) electrons. The zero-order valence-corrected chi connectivity index (χ0v) is 11.1. The lowest BCUT2D eigenvalue weighted by atomic mass is 10.1. The highest BCUT2D eigenvalue weighted by Gasteiger charge is 2.25. The van der Waals surface area contributed by atoms with E-state index in [9.17, 15) is 4.79 Å². The molecule has 0 fully saturated rings. The summed E-state index contributed by atoms with van der Waals surface area (Å²) in [5.74, 6) is -0.113. The molecule has 1 aromatic rings. The third kappa shape index (κ3) is 2.92. The Kier molecular flexibility index (Phi) is 4.80. The van der Waals surface area contributed by atoms with Crippen LogP contribution in [0.4, 0.5) is 0 Å². The van der Waals surface area contributed by atoms with Gasteiger partial charge in [0.05, 0.1) is 12.1 Å². The van der Waals surface area contributed by atoms with E-state index in [-0.39, 0.29) is 24.4 Å². The Bertz CT molecular complexity index is 421. The molecule has 3 nitrogen and oxygen atoms in total. The molecule has 0 spiro atoms. The van der Waals surface area contributed by atoms with Gasteiger partial charge >= 0.3 is 0 Å². The molecule has 0 saturated carbocycles. The summed E-state index contributed by atoms with van der Waals surface area (Å²) in [4.78, 5) is 11.5. The van der Waals surface area contributed by atoms with E-state index < -0.39 is 6.04 Å². The molecule has 1 aliphatic carbocycles. The van der Waals surface area contributed by atoms with E-state index in [1.165, 1.54) is 0 Å². The summed E-state index contributed by atoms with van der Waals surface area (Å²) in [6, 6.07) is 5.41. The van der Waals surface area contributed by atoms with Gasteiger partial charge in [-0.3, -0.25) is 4.79 Å². The summed E-state index contributed by atoms with van der Waals surface area (Å²) in [6.07, 6.45) is 1.82. The summed E-state index contributed by atoms with van der Waals surface area (Å²) < 4.78 is 0.